The molecule has 1 N–H and O–H groups in total. The second-order valence-corrected chi connectivity index (χ2v) is 3.59. The van der Waals surface area contributed by atoms with Gasteiger partial charge >= 0.3 is 0 Å². The first-order valence-electron chi connectivity index (χ1n) is 4.78. The van der Waals surface area contributed by atoms with Gasteiger partial charge in [0.2, 0.25) is 0 Å². The Morgan fingerprint density at radius 3 is 1.93 bits per heavy atom. The van der Waals surface area contributed by atoms with E-state index in [2.05, 4.69) is 5.32 Å². The van der Waals surface area contributed by atoms with Crippen LogP contribution in [0.1, 0.15) is 5.56 Å². The van der Waals surface area contributed by atoms with Crippen molar-refractivity contribution in [2.24, 2.45) is 0 Å². The molecule has 15 heavy (non-hydrogen) atoms. The largest absolute Gasteiger partial charge is 0.346 e. The van der Waals surface area contributed by atoms with E-state index >= 15 is 0 Å². The molecule has 0 atom stereocenters. The van der Waals surface area contributed by atoms with Gasteiger partial charge in [0.1, 0.15) is 4.99 Å². The van der Waals surface area contributed by atoms with Crippen LogP contribution in [0.2, 0.25) is 0 Å². The molecule has 2 aromatic carbocycles. The van der Waals surface area contributed by atoms with E-state index < -0.39 is 0 Å². The van der Waals surface area contributed by atoms with Crippen molar-refractivity contribution in [3.8, 4) is 0 Å². The van der Waals surface area contributed by atoms with E-state index in [0.29, 0.717) is 0 Å². The van der Waals surface area contributed by atoms with Gasteiger partial charge in [-0.3, -0.25) is 0 Å². The Balaban J connectivity index is 2.12. The lowest BCUT2D eigenvalue weighted by molar-refractivity contribution is 1.61. The van der Waals surface area contributed by atoms with Crippen molar-refractivity contribution in [1.29, 1.82) is 0 Å². The summed E-state index contributed by atoms with van der Waals surface area (Å²) in [7, 11) is 0. The summed E-state index contributed by atoms with van der Waals surface area (Å²) in [6.45, 7) is 0. The molecule has 2 heteroatoms. The Kier molecular flexibility index (Phi) is 3.10. The third kappa shape index (κ3) is 2.64. The number of nitrogens with one attached hydrogen (secondary N) is 1. The first-order chi connectivity index (χ1) is 7.36. The van der Waals surface area contributed by atoms with Crippen molar-refractivity contribution >= 4 is 22.9 Å². The van der Waals surface area contributed by atoms with Crippen molar-refractivity contribution in [3.63, 3.8) is 0 Å². The van der Waals surface area contributed by atoms with Crippen LogP contribution in [-0.2, 0) is 0 Å². The molecule has 0 fully saturated rings. The third-order valence-corrected chi connectivity index (χ3v) is 2.41. The lowest BCUT2D eigenvalue weighted by atomic mass is 10.2. The van der Waals surface area contributed by atoms with Crippen LogP contribution in [0.15, 0.2) is 60.7 Å². The lowest BCUT2D eigenvalue weighted by Gasteiger charge is -2.07. The second kappa shape index (κ2) is 4.71. The molecule has 2 rings (SSSR count). The van der Waals surface area contributed by atoms with Gasteiger partial charge in [-0.05, 0) is 12.1 Å². The average molecular weight is 213 g/mol. The van der Waals surface area contributed by atoms with Crippen LogP contribution in [0, 0.1) is 0 Å². The fraction of sp³-hybridized carbons (Fsp3) is 0. The Morgan fingerprint density at radius 2 is 1.33 bits per heavy atom. The average Bonchev–Trinajstić information content (AvgIpc) is 2.31. The SMILES string of the molecule is S=C(Nc1ccccc1)c1ccccc1. The number of hydrogen-bond acceptors (Lipinski definition) is 1. The molecule has 0 unspecified atom stereocenters. The van der Waals surface area contributed by atoms with Crippen LogP contribution in [0.4, 0.5) is 5.69 Å². The maximum Gasteiger partial charge on any atom is 0.110 e. The highest BCUT2D eigenvalue weighted by Gasteiger charge is 1.99. The van der Waals surface area contributed by atoms with Crippen LogP contribution in [0.25, 0.3) is 0 Å². The zero-order chi connectivity index (χ0) is 10.5. The maximum absolute atomic E-state index is 5.29. The van der Waals surface area contributed by atoms with Gasteiger partial charge in [0.25, 0.3) is 0 Å². The molecule has 0 aliphatic carbocycles. The van der Waals surface area contributed by atoms with E-state index in [1.54, 1.807) is 0 Å². The van der Waals surface area contributed by atoms with Gasteiger partial charge in [-0.2, -0.15) is 0 Å². The lowest BCUT2D eigenvalue weighted by Crippen LogP contribution is -2.09. The summed E-state index contributed by atoms with van der Waals surface area (Å²) in [4.78, 5) is 0.752. The van der Waals surface area contributed by atoms with Gasteiger partial charge in [0.05, 0.1) is 0 Å². The van der Waals surface area contributed by atoms with Gasteiger partial charge < -0.3 is 5.32 Å². The van der Waals surface area contributed by atoms with Gasteiger partial charge in [-0.1, -0.05) is 60.7 Å². The number of para-hydroxylation sites is 1. The summed E-state index contributed by atoms with van der Waals surface area (Å²) in [6, 6.07) is 19.9. The van der Waals surface area contributed by atoms with Gasteiger partial charge in [0.15, 0.2) is 0 Å². The van der Waals surface area contributed by atoms with Crippen LogP contribution < -0.4 is 5.32 Å². The van der Waals surface area contributed by atoms with Gasteiger partial charge in [0, 0.05) is 11.3 Å². The highest BCUT2D eigenvalue weighted by atomic mass is 32.1. The maximum atomic E-state index is 5.29. The number of benzene rings is 2. The summed E-state index contributed by atoms with van der Waals surface area (Å²) in [5.74, 6) is 0. The molecule has 0 radical (unpaired) electrons. The van der Waals surface area contributed by atoms with Crippen LogP contribution >= 0.6 is 12.2 Å². The molecule has 0 saturated heterocycles. The van der Waals surface area contributed by atoms with E-state index in [4.69, 9.17) is 12.2 Å². The summed E-state index contributed by atoms with van der Waals surface area (Å²) in [5.41, 5.74) is 2.06. The van der Waals surface area contributed by atoms with Crippen molar-refractivity contribution in [1.82, 2.24) is 0 Å². The van der Waals surface area contributed by atoms with E-state index in [0.717, 1.165) is 16.2 Å². The minimum Gasteiger partial charge on any atom is -0.346 e. The normalized spacial score (nSPS) is 9.60. The first-order valence-corrected chi connectivity index (χ1v) is 5.18. The number of thiocarbonyl (C=S) groups is 1. The summed E-state index contributed by atoms with van der Waals surface area (Å²) in [6.07, 6.45) is 0. The van der Waals surface area contributed by atoms with E-state index in [9.17, 15) is 0 Å². The van der Waals surface area contributed by atoms with E-state index in [1.165, 1.54) is 0 Å². The van der Waals surface area contributed by atoms with Crippen LogP contribution in [0.5, 0.6) is 0 Å². The quantitative estimate of drug-likeness (QED) is 0.766. The standard InChI is InChI=1S/C13H11NS/c15-13(11-7-3-1-4-8-11)14-12-9-5-2-6-10-12/h1-10H,(H,14,15). The molecular weight excluding hydrogens is 202 g/mol. The minimum atomic E-state index is 0.752. The summed E-state index contributed by atoms with van der Waals surface area (Å²) < 4.78 is 0. The molecule has 0 saturated carbocycles. The number of hydrogen-bond donors (Lipinski definition) is 1. The summed E-state index contributed by atoms with van der Waals surface area (Å²) in [5, 5.41) is 3.19. The smallest absolute Gasteiger partial charge is 0.110 e. The molecule has 0 spiro atoms. The van der Waals surface area contributed by atoms with Gasteiger partial charge in [-0.25, -0.2) is 0 Å². The molecule has 0 aliphatic heterocycles. The second-order valence-electron chi connectivity index (χ2n) is 3.19. The molecule has 1 nitrogen and oxygen atoms in total. The Morgan fingerprint density at radius 1 is 0.800 bits per heavy atom. The van der Waals surface area contributed by atoms with E-state index in [1.807, 2.05) is 60.7 Å². The Hall–Kier alpha value is -1.67. The third-order valence-electron chi connectivity index (χ3n) is 2.07. The van der Waals surface area contributed by atoms with Crippen LogP contribution in [0.3, 0.4) is 0 Å². The molecular formula is C13H11NS. The number of anilines is 1. The molecule has 0 aromatic heterocycles. The first kappa shape index (κ1) is 9.87. The zero-order valence-corrected chi connectivity index (χ0v) is 9.00. The predicted octanol–water partition coefficient (Wildman–Crippen LogP) is 3.47. The molecule has 0 bridgehead atoms. The molecule has 2 aromatic rings. The fourth-order valence-corrected chi connectivity index (χ4v) is 1.57. The van der Waals surface area contributed by atoms with Crippen LogP contribution in [-0.4, -0.2) is 4.99 Å². The van der Waals surface area contributed by atoms with Gasteiger partial charge in [-0.15, -0.1) is 0 Å². The molecule has 0 amide bonds. The van der Waals surface area contributed by atoms with Crippen molar-refractivity contribution in [2.75, 3.05) is 5.32 Å². The molecule has 0 aliphatic rings. The van der Waals surface area contributed by atoms with Crippen molar-refractivity contribution in [3.05, 3.63) is 66.2 Å². The minimum absolute atomic E-state index is 0.752. The number of rotatable bonds is 2. The zero-order valence-electron chi connectivity index (χ0n) is 8.18. The highest BCUT2D eigenvalue weighted by molar-refractivity contribution is 7.81. The van der Waals surface area contributed by atoms with Crippen molar-refractivity contribution in [2.45, 2.75) is 0 Å². The van der Waals surface area contributed by atoms with E-state index in [-0.39, 0.29) is 0 Å². The highest BCUT2D eigenvalue weighted by Crippen LogP contribution is 2.08. The topological polar surface area (TPSA) is 12.0 Å². The fourth-order valence-electron chi connectivity index (χ4n) is 1.31. The Labute approximate surface area is 94.8 Å². The predicted molar refractivity (Wildman–Crippen MR) is 68.2 cm³/mol. The Bertz CT molecular complexity index is 437. The van der Waals surface area contributed by atoms with Crippen molar-refractivity contribution < 1.29 is 0 Å². The molecule has 0 heterocycles. The molecule has 74 valence electrons. The monoisotopic (exact) mass is 213 g/mol. The summed E-state index contributed by atoms with van der Waals surface area (Å²) >= 11 is 5.29.